The predicted molar refractivity (Wildman–Crippen MR) is 334 cm³/mol. The van der Waals surface area contributed by atoms with E-state index in [0.717, 1.165) is 21.9 Å². The minimum absolute atomic E-state index is 0. The van der Waals surface area contributed by atoms with Crippen LogP contribution in [-0.4, -0.2) is 0 Å². The second-order valence-corrected chi connectivity index (χ2v) is 24.4. The molecule has 0 saturated carbocycles. The van der Waals surface area contributed by atoms with Crippen LogP contribution in [0, 0.1) is 24.7 Å². The fourth-order valence-electron chi connectivity index (χ4n) is 11.5. The van der Waals surface area contributed by atoms with E-state index in [1.807, 2.05) is 24.3 Å². The SMILES string of the molecule is [Ag+].[Ag+].[C-]#Cc1cc2c3ccccc3ccc2c2ccccc12.[C-]#Cc1cc2c3ccccc3ccc2c2ccccc12.c1ccc([PH+](c2ccccc2)c2cc3c(cc2[PH+](c2ccccc2)c2ccccc2)CCCC3)cc1. The topological polar surface area (TPSA) is 0 Å². The third kappa shape index (κ3) is 11.0. The van der Waals surface area contributed by atoms with Crippen LogP contribution in [0.3, 0.4) is 0 Å². The first-order chi connectivity index (χ1) is 37.6. The molecular weight excluding hydrogens is 1170 g/mol. The van der Waals surface area contributed by atoms with Crippen molar-refractivity contribution in [3.05, 3.63) is 302 Å². The van der Waals surface area contributed by atoms with Crippen LogP contribution >= 0.6 is 15.8 Å². The van der Waals surface area contributed by atoms with Gasteiger partial charge in [0, 0.05) is 0 Å². The van der Waals surface area contributed by atoms with E-state index in [4.69, 9.17) is 12.8 Å². The molecule has 0 aromatic heterocycles. The summed E-state index contributed by atoms with van der Waals surface area (Å²) in [6.07, 6.45) is 20.1. The van der Waals surface area contributed by atoms with Gasteiger partial charge in [0.1, 0.15) is 47.7 Å². The Bertz CT molecular complexity index is 3960. The largest absolute Gasteiger partial charge is 1.00 e. The molecule has 0 atom stereocenters. The van der Waals surface area contributed by atoms with E-state index in [2.05, 4.69) is 254 Å². The summed E-state index contributed by atoms with van der Waals surface area (Å²) in [6, 6.07) is 96.4. The van der Waals surface area contributed by atoms with Crippen molar-refractivity contribution in [3.63, 3.8) is 0 Å². The standard InChI is InChI=1S/C34H30P2.2C20H11.2Ag/c1-5-17-29(18-6-1)35(30-19-7-2-8-20-30)33-25-27-15-13-14-16-28(27)26-34(33)36(31-21-9-3-10-22-31)32-23-11-4-12-24-32;2*1-2-14-13-20-17-9-4-3-7-15(17)11-12-19(20)18-10-6-5-8-16(14)18;;/h1-12,17-26H,13-16H2;2*3-13H;;/q;2*-1;2*+1/p+2. The Labute approximate surface area is 492 Å². The van der Waals surface area contributed by atoms with Gasteiger partial charge in [0.25, 0.3) is 0 Å². The van der Waals surface area contributed by atoms with Crippen molar-refractivity contribution >= 4 is 112 Å². The Hall–Kier alpha value is -7.12. The molecule has 1 aliphatic rings. The number of hydrogen-bond acceptors (Lipinski definition) is 0. The predicted octanol–water partition coefficient (Wildman–Crippen LogP) is 15.7. The fraction of sp³-hybridized carbons (Fsp3) is 0.0541. The summed E-state index contributed by atoms with van der Waals surface area (Å²) in [5.41, 5.74) is 4.86. The van der Waals surface area contributed by atoms with Gasteiger partial charge >= 0.3 is 44.8 Å². The van der Waals surface area contributed by atoms with Crippen LogP contribution < -0.4 is 31.8 Å². The van der Waals surface area contributed by atoms with Crippen molar-refractivity contribution in [2.45, 2.75) is 25.7 Å². The number of rotatable bonds is 6. The zero-order chi connectivity index (χ0) is 51.2. The van der Waals surface area contributed by atoms with Crippen LogP contribution in [0.4, 0.5) is 0 Å². The van der Waals surface area contributed by atoms with Crippen LogP contribution in [0.25, 0.3) is 64.6 Å². The third-order valence-electron chi connectivity index (χ3n) is 15.1. The molecule has 0 heterocycles. The Morgan fingerprint density at radius 2 is 0.551 bits per heavy atom. The maximum Gasteiger partial charge on any atom is 1.00 e. The number of aryl methyl sites for hydroxylation is 2. The number of hydrogen-bond donors (Lipinski definition) is 0. The molecule has 0 spiro atoms. The van der Waals surface area contributed by atoms with Gasteiger partial charge in [-0.1, -0.05) is 205 Å². The van der Waals surface area contributed by atoms with Crippen molar-refractivity contribution < 1.29 is 44.8 Å². The zero-order valence-corrected chi connectivity index (χ0v) is 47.8. The van der Waals surface area contributed by atoms with Crippen molar-refractivity contribution in [1.29, 1.82) is 0 Å². The molecule has 13 aromatic rings. The van der Waals surface area contributed by atoms with Crippen LogP contribution in [0.15, 0.2) is 267 Å². The third-order valence-corrected chi connectivity index (χ3v) is 20.9. The molecule has 4 heteroatoms. The summed E-state index contributed by atoms with van der Waals surface area (Å²) in [5, 5.41) is 23.3. The quantitative estimate of drug-likeness (QED) is 0.0512. The average molecular weight is 1220 g/mol. The van der Waals surface area contributed by atoms with E-state index in [1.54, 1.807) is 21.7 Å². The summed E-state index contributed by atoms with van der Waals surface area (Å²) in [4.78, 5) is 0. The summed E-state index contributed by atoms with van der Waals surface area (Å²) in [7, 11) is -2.35. The van der Waals surface area contributed by atoms with Gasteiger partial charge in [0.15, 0.2) is 0 Å². The molecule has 380 valence electrons. The molecule has 14 rings (SSSR count). The van der Waals surface area contributed by atoms with Crippen molar-refractivity contribution in [1.82, 2.24) is 0 Å². The van der Waals surface area contributed by atoms with E-state index in [-0.39, 0.29) is 44.8 Å². The molecule has 0 saturated heterocycles. The van der Waals surface area contributed by atoms with Gasteiger partial charge in [-0.2, -0.15) is 0 Å². The Balaban J connectivity index is 0.000000140. The summed E-state index contributed by atoms with van der Waals surface area (Å²) in [5.74, 6) is 5.15. The fourth-order valence-corrected chi connectivity index (χ4v) is 17.6. The molecule has 0 N–H and O–H groups in total. The second kappa shape index (κ2) is 25.1. The Kier molecular flexibility index (Phi) is 17.5. The van der Waals surface area contributed by atoms with Gasteiger partial charge < -0.3 is 12.8 Å². The van der Waals surface area contributed by atoms with Crippen molar-refractivity contribution in [2.24, 2.45) is 0 Å². The minimum Gasteiger partial charge on any atom is -0.366 e. The van der Waals surface area contributed by atoms with Gasteiger partial charge in [-0.3, -0.25) is 11.8 Å². The molecule has 0 aliphatic heterocycles. The van der Waals surface area contributed by atoms with Crippen LogP contribution in [0.2, 0.25) is 0 Å². The molecule has 0 bridgehead atoms. The van der Waals surface area contributed by atoms with Gasteiger partial charge in [-0.05, 0) is 151 Å². The zero-order valence-electron chi connectivity index (χ0n) is 42.8. The molecule has 0 radical (unpaired) electrons. The molecule has 0 fully saturated rings. The Morgan fingerprint density at radius 1 is 0.269 bits per heavy atom. The maximum absolute atomic E-state index is 7.56. The first-order valence-corrected chi connectivity index (χ1v) is 29.3. The van der Waals surface area contributed by atoms with Crippen molar-refractivity contribution in [3.8, 4) is 11.8 Å². The Morgan fingerprint density at radius 3 is 0.885 bits per heavy atom. The molecule has 13 aromatic carbocycles. The first-order valence-electron chi connectivity index (χ1n) is 26.3. The molecular formula is C74H54Ag2P2+2. The number of fused-ring (bicyclic) bond motifs is 11. The van der Waals surface area contributed by atoms with Crippen LogP contribution in [-0.2, 0) is 57.6 Å². The minimum atomic E-state index is -1.17. The molecule has 0 unspecified atom stereocenters. The summed E-state index contributed by atoms with van der Waals surface area (Å²) in [6.45, 7) is 0. The van der Waals surface area contributed by atoms with Gasteiger partial charge in [-0.25, -0.2) is 0 Å². The monoisotopic (exact) mass is 1220 g/mol. The first kappa shape index (κ1) is 54.2. The van der Waals surface area contributed by atoms with Crippen molar-refractivity contribution in [2.75, 3.05) is 0 Å². The summed E-state index contributed by atoms with van der Waals surface area (Å²) >= 11 is 0. The van der Waals surface area contributed by atoms with E-state index >= 15 is 0 Å². The van der Waals surface area contributed by atoms with E-state index < -0.39 is 15.8 Å². The molecule has 0 nitrogen and oxygen atoms in total. The number of benzene rings is 13. The maximum atomic E-state index is 7.56. The van der Waals surface area contributed by atoms with Gasteiger partial charge in [0.05, 0.1) is 0 Å². The molecule has 78 heavy (non-hydrogen) atoms. The molecule has 0 amide bonds. The summed E-state index contributed by atoms with van der Waals surface area (Å²) < 4.78 is 0. The van der Waals surface area contributed by atoms with Gasteiger partial charge in [0.2, 0.25) is 0 Å². The normalized spacial score (nSPS) is 11.6. The average Bonchev–Trinajstić information content (AvgIpc) is 3.57. The second-order valence-electron chi connectivity index (χ2n) is 19.5. The van der Waals surface area contributed by atoms with E-state index in [9.17, 15) is 0 Å². The molecule has 1 aliphatic carbocycles. The van der Waals surface area contributed by atoms with Gasteiger partial charge in [-0.15, -0.1) is 23.3 Å². The van der Waals surface area contributed by atoms with E-state index in [0.29, 0.717) is 0 Å². The van der Waals surface area contributed by atoms with E-state index in [1.165, 1.54) is 101 Å². The van der Waals surface area contributed by atoms with Crippen LogP contribution in [0.5, 0.6) is 0 Å². The smallest absolute Gasteiger partial charge is 0.366 e. The van der Waals surface area contributed by atoms with Crippen LogP contribution in [0.1, 0.15) is 35.1 Å².